The number of aromatic nitrogens is 3. The molecular weight excluding hydrogens is 411 g/mol. The number of halogens is 1. The Morgan fingerprint density at radius 2 is 2.00 bits per heavy atom. The molecule has 2 heterocycles. The molecular formula is C24H43FN4O3. The molecule has 184 valence electrons. The van der Waals surface area contributed by atoms with Gasteiger partial charge in [-0.2, -0.15) is 5.10 Å². The molecule has 0 spiro atoms. The fourth-order valence-electron chi connectivity index (χ4n) is 4.30. The molecule has 8 heteroatoms. The van der Waals surface area contributed by atoms with Gasteiger partial charge in [0.1, 0.15) is 17.4 Å². The third-order valence-electron chi connectivity index (χ3n) is 5.98. The summed E-state index contributed by atoms with van der Waals surface area (Å²) in [4.78, 5) is 14.5. The van der Waals surface area contributed by atoms with E-state index in [0.717, 1.165) is 19.3 Å². The Morgan fingerprint density at radius 1 is 1.34 bits per heavy atom. The van der Waals surface area contributed by atoms with Crippen molar-refractivity contribution in [1.29, 1.82) is 0 Å². The highest BCUT2D eigenvalue weighted by Crippen LogP contribution is 2.30. The van der Waals surface area contributed by atoms with Crippen molar-refractivity contribution in [3.8, 4) is 0 Å². The van der Waals surface area contributed by atoms with E-state index in [-0.39, 0.29) is 24.1 Å². The molecule has 0 saturated carbocycles. The highest BCUT2D eigenvalue weighted by Gasteiger charge is 2.34. The van der Waals surface area contributed by atoms with Gasteiger partial charge >= 0.3 is 5.69 Å². The van der Waals surface area contributed by atoms with Gasteiger partial charge in [-0.25, -0.2) is 13.9 Å². The van der Waals surface area contributed by atoms with E-state index in [1.165, 1.54) is 16.2 Å². The second-order valence-electron chi connectivity index (χ2n) is 8.38. The first-order valence-electron chi connectivity index (χ1n) is 11.8. The first-order chi connectivity index (χ1) is 15.2. The Morgan fingerprint density at radius 3 is 2.50 bits per heavy atom. The molecule has 4 atom stereocenters. The van der Waals surface area contributed by atoms with Gasteiger partial charge in [0.15, 0.2) is 0 Å². The lowest BCUT2D eigenvalue weighted by molar-refractivity contribution is -0.00490. The third-order valence-corrected chi connectivity index (χ3v) is 5.98. The van der Waals surface area contributed by atoms with Gasteiger partial charge in [0.05, 0.1) is 19.3 Å². The Balaban J connectivity index is 0.00000249. The monoisotopic (exact) mass is 454 g/mol. The van der Waals surface area contributed by atoms with E-state index in [9.17, 15) is 14.3 Å². The zero-order valence-corrected chi connectivity index (χ0v) is 21.1. The van der Waals surface area contributed by atoms with Gasteiger partial charge < -0.3 is 9.84 Å². The molecule has 0 amide bonds. The second kappa shape index (κ2) is 13.6. The van der Waals surface area contributed by atoms with Crippen molar-refractivity contribution in [1.82, 2.24) is 19.2 Å². The lowest BCUT2D eigenvalue weighted by atomic mass is 9.85. The lowest BCUT2D eigenvalue weighted by Gasteiger charge is -2.44. The van der Waals surface area contributed by atoms with Crippen molar-refractivity contribution < 1.29 is 14.2 Å². The molecule has 0 radical (unpaired) electrons. The number of aliphatic hydroxyl groups is 1. The molecule has 0 aliphatic carbocycles. The predicted molar refractivity (Wildman–Crippen MR) is 127 cm³/mol. The first-order valence-corrected chi connectivity index (χ1v) is 11.8. The van der Waals surface area contributed by atoms with Crippen molar-refractivity contribution >= 4 is 0 Å². The van der Waals surface area contributed by atoms with Crippen molar-refractivity contribution in [3.63, 3.8) is 0 Å². The van der Waals surface area contributed by atoms with E-state index in [1.807, 2.05) is 20.8 Å². The lowest BCUT2D eigenvalue weighted by Crippen LogP contribution is -2.52. The van der Waals surface area contributed by atoms with Crippen LogP contribution in [0.3, 0.4) is 0 Å². The number of aliphatic hydroxyl groups excluding tert-OH is 1. The summed E-state index contributed by atoms with van der Waals surface area (Å²) in [6, 6.07) is 0.564. The zero-order valence-electron chi connectivity index (χ0n) is 21.1. The summed E-state index contributed by atoms with van der Waals surface area (Å²) in [6.07, 6.45) is 5.55. The van der Waals surface area contributed by atoms with Crippen LogP contribution in [0.15, 0.2) is 28.5 Å². The van der Waals surface area contributed by atoms with Gasteiger partial charge in [0, 0.05) is 25.7 Å². The average molecular weight is 455 g/mol. The minimum Gasteiger partial charge on any atom is -0.491 e. The number of β-amino-alcohol motifs (C(OH)–C–C–N with tert-alkyl or cyclic N) is 1. The first kappa shape index (κ1) is 28.1. The molecule has 32 heavy (non-hydrogen) atoms. The summed E-state index contributed by atoms with van der Waals surface area (Å²) in [5.41, 5.74) is -0.212. The molecule has 1 aliphatic heterocycles. The molecule has 1 aromatic heterocycles. The van der Waals surface area contributed by atoms with Gasteiger partial charge in [-0.1, -0.05) is 26.8 Å². The van der Waals surface area contributed by atoms with E-state index < -0.39 is 6.10 Å². The van der Waals surface area contributed by atoms with Gasteiger partial charge in [-0.3, -0.25) is 9.47 Å². The number of hydrogen-bond donors (Lipinski definition) is 1. The SMILES string of the molecule is C/C=C\C(OCC1CC(C)N(CC(O)Cn2nc(C)n(C)c2=O)C(CC)C1)=C(/C)F.CC. The Kier molecular flexibility index (Phi) is 11.9. The molecule has 0 bridgehead atoms. The maximum atomic E-state index is 13.6. The summed E-state index contributed by atoms with van der Waals surface area (Å²) in [7, 11) is 1.68. The number of nitrogens with zero attached hydrogens (tertiary/aromatic N) is 4. The van der Waals surface area contributed by atoms with Crippen LogP contribution in [0.4, 0.5) is 4.39 Å². The smallest absolute Gasteiger partial charge is 0.345 e. The quantitative estimate of drug-likeness (QED) is 0.452. The number of rotatable bonds is 9. The minimum atomic E-state index is -0.681. The summed E-state index contributed by atoms with van der Waals surface area (Å²) in [6.45, 7) is 14.5. The van der Waals surface area contributed by atoms with Crippen molar-refractivity contribution in [3.05, 3.63) is 40.0 Å². The average Bonchev–Trinajstić information content (AvgIpc) is 3.00. The van der Waals surface area contributed by atoms with Crippen LogP contribution in [-0.4, -0.2) is 55.7 Å². The summed E-state index contributed by atoms with van der Waals surface area (Å²) in [5.74, 6) is 0.947. The van der Waals surface area contributed by atoms with Crippen molar-refractivity contribution in [2.45, 2.75) is 92.5 Å². The molecule has 4 unspecified atom stereocenters. The topological polar surface area (TPSA) is 72.5 Å². The molecule has 1 N–H and O–H groups in total. The molecule has 1 fully saturated rings. The Labute approximate surface area is 192 Å². The van der Waals surface area contributed by atoms with Gasteiger partial charge in [-0.15, -0.1) is 0 Å². The number of likely N-dealkylation sites (tertiary alicyclic amines) is 1. The number of allylic oxidation sites excluding steroid dienone is 3. The molecule has 1 aromatic rings. The normalized spacial score (nSPS) is 23.5. The molecule has 7 nitrogen and oxygen atoms in total. The van der Waals surface area contributed by atoms with E-state index in [4.69, 9.17) is 4.74 Å². The highest BCUT2D eigenvalue weighted by atomic mass is 19.1. The Hall–Kier alpha value is -1.93. The largest absolute Gasteiger partial charge is 0.491 e. The highest BCUT2D eigenvalue weighted by molar-refractivity contribution is 5.14. The maximum Gasteiger partial charge on any atom is 0.345 e. The minimum absolute atomic E-state index is 0.181. The number of piperidine rings is 1. The predicted octanol–water partition coefficient (Wildman–Crippen LogP) is 3.95. The van der Waals surface area contributed by atoms with E-state index >= 15 is 0 Å². The number of hydrogen-bond acceptors (Lipinski definition) is 5. The van der Waals surface area contributed by atoms with Gasteiger partial charge in [-0.05, 0) is 59.0 Å². The third kappa shape index (κ3) is 7.59. The van der Waals surface area contributed by atoms with Crippen LogP contribution in [0.2, 0.25) is 0 Å². The van der Waals surface area contributed by atoms with Crippen LogP contribution >= 0.6 is 0 Å². The van der Waals surface area contributed by atoms with E-state index in [0.29, 0.717) is 36.7 Å². The van der Waals surface area contributed by atoms with E-state index in [1.54, 1.807) is 26.1 Å². The molecule has 2 rings (SSSR count). The number of ether oxygens (including phenoxy) is 1. The number of aryl methyl sites for hydroxylation is 1. The van der Waals surface area contributed by atoms with Crippen LogP contribution in [0.1, 0.15) is 66.6 Å². The Bertz CT molecular complexity index is 811. The van der Waals surface area contributed by atoms with Crippen molar-refractivity contribution in [2.24, 2.45) is 13.0 Å². The van der Waals surface area contributed by atoms with E-state index in [2.05, 4.69) is 23.8 Å². The van der Waals surface area contributed by atoms with Crippen LogP contribution in [0.25, 0.3) is 0 Å². The van der Waals surface area contributed by atoms with Crippen LogP contribution in [-0.2, 0) is 18.3 Å². The standard InChI is InChI=1S/C22H37FN4O3.C2H6/c1-7-9-21(16(4)23)30-14-18-10-15(3)26(19(8-2)11-18)12-20(28)13-27-22(29)25(6)17(5)24-27;1-2/h7,9,15,18-20,28H,8,10-14H2,1-6H3;1-2H3/b9-7-,21-16-;. The van der Waals surface area contributed by atoms with Crippen LogP contribution in [0, 0.1) is 12.8 Å². The summed E-state index contributed by atoms with van der Waals surface area (Å²) < 4.78 is 22.2. The molecule has 1 aliphatic rings. The second-order valence-corrected chi connectivity index (χ2v) is 8.38. The van der Waals surface area contributed by atoms with Crippen molar-refractivity contribution in [2.75, 3.05) is 13.2 Å². The maximum absolute atomic E-state index is 13.6. The molecule has 1 saturated heterocycles. The van der Waals surface area contributed by atoms with Crippen LogP contribution < -0.4 is 5.69 Å². The van der Waals surface area contributed by atoms with Gasteiger partial charge in [0.25, 0.3) is 0 Å². The summed E-state index contributed by atoms with van der Waals surface area (Å²) >= 11 is 0. The zero-order chi connectivity index (χ0) is 24.4. The fourth-order valence-corrected chi connectivity index (χ4v) is 4.30. The van der Waals surface area contributed by atoms with Crippen LogP contribution in [0.5, 0.6) is 0 Å². The molecule has 0 aromatic carbocycles. The fraction of sp³-hybridized carbons (Fsp3) is 0.750. The van der Waals surface area contributed by atoms with Gasteiger partial charge in [0.2, 0.25) is 0 Å². The summed E-state index contributed by atoms with van der Waals surface area (Å²) in [5, 5.41) is 14.9.